The van der Waals surface area contributed by atoms with E-state index < -0.39 is 0 Å². The molecule has 2 aromatic heterocycles. The van der Waals surface area contributed by atoms with E-state index in [9.17, 15) is 0 Å². The Hall–Kier alpha value is -2.96. The first-order valence-corrected chi connectivity index (χ1v) is 6.12. The minimum atomic E-state index is 0.278. The third-order valence-corrected chi connectivity index (χ3v) is 2.95. The molecule has 3 aromatic rings. The summed E-state index contributed by atoms with van der Waals surface area (Å²) in [5.41, 5.74) is 7.01. The molecule has 2 heterocycles. The van der Waals surface area contributed by atoms with Gasteiger partial charge in [-0.05, 0) is 18.2 Å². The van der Waals surface area contributed by atoms with Crippen LogP contribution in [0, 0.1) is 0 Å². The van der Waals surface area contributed by atoms with E-state index in [0.717, 1.165) is 0 Å². The maximum atomic E-state index is 5.99. The maximum Gasteiger partial charge on any atom is 0.260 e. The van der Waals surface area contributed by atoms with Gasteiger partial charge in [-0.3, -0.25) is 0 Å². The molecule has 108 valence electrons. The molecule has 0 amide bonds. The number of anilines is 1. The number of nitrogens with two attached hydrogens (primary N) is 1. The third kappa shape index (κ3) is 2.29. The molecule has 3 rings (SSSR count). The van der Waals surface area contributed by atoms with E-state index in [2.05, 4.69) is 10.1 Å². The van der Waals surface area contributed by atoms with E-state index in [1.807, 2.05) is 0 Å². The van der Waals surface area contributed by atoms with Crippen LogP contribution in [-0.2, 0) is 0 Å². The number of furan rings is 1. The lowest BCUT2D eigenvalue weighted by Gasteiger charge is -2.10. The van der Waals surface area contributed by atoms with Gasteiger partial charge in [0.15, 0.2) is 17.3 Å². The van der Waals surface area contributed by atoms with E-state index in [-0.39, 0.29) is 5.89 Å². The first kappa shape index (κ1) is 13.0. The molecule has 0 bridgehead atoms. The van der Waals surface area contributed by atoms with Crippen molar-refractivity contribution >= 4 is 5.69 Å². The Morgan fingerprint density at radius 2 is 1.90 bits per heavy atom. The predicted octanol–water partition coefficient (Wildman–Crippen LogP) is 2.60. The predicted molar refractivity (Wildman–Crippen MR) is 75.0 cm³/mol. The molecule has 0 unspecified atom stereocenters. The zero-order chi connectivity index (χ0) is 14.8. The molecule has 0 saturated carbocycles. The van der Waals surface area contributed by atoms with Gasteiger partial charge in [-0.1, -0.05) is 5.16 Å². The average molecular weight is 287 g/mol. The normalized spacial score (nSPS) is 10.6. The van der Waals surface area contributed by atoms with Crippen LogP contribution in [0.1, 0.15) is 0 Å². The number of methoxy groups -OCH3 is 2. The molecular weight excluding hydrogens is 274 g/mol. The molecule has 0 aliphatic rings. The second kappa shape index (κ2) is 5.20. The highest BCUT2D eigenvalue weighted by molar-refractivity contribution is 5.75. The number of rotatable bonds is 4. The summed E-state index contributed by atoms with van der Waals surface area (Å²) in [6.45, 7) is 0. The van der Waals surface area contributed by atoms with Crippen LogP contribution in [0.3, 0.4) is 0 Å². The van der Waals surface area contributed by atoms with E-state index in [4.69, 9.17) is 24.1 Å². The van der Waals surface area contributed by atoms with Crippen molar-refractivity contribution in [3.63, 3.8) is 0 Å². The molecule has 0 saturated heterocycles. The summed E-state index contributed by atoms with van der Waals surface area (Å²) < 4.78 is 20.9. The van der Waals surface area contributed by atoms with Crippen molar-refractivity contribution in [2.75, 3.05) is 20.0 Å². The van der Waals surface area contributed by atoms with Crippen molar-refractivity contribution in [3.8, 4) is 34.5 Å². The van der Waals surface area contributed by atoms with Crippen molar-refractivity contribution in [1.29, 1.82) is 0 Å². The van der Waals surface area contributed by atoms with Crippen LogP contribution >= 0.6 is 0 Å². The maximum absolute atomic E-state index is 5.99. The van der Waals surface area contributed by atoms with Crippen molar-refractivity contribution < 1.29 is 18.4 Å². The topological polar surface area (TPSA) is 96.5 Å². The highest BCUT2D eigenvalue weighted by atomic mass is 16.5. The smallest absolute Gasteiger partial charge is 0.260 e. The zero-order valence-corrected chi connectivity index (χ0v) is 11.5. The first-order valence-electron chi connectivity index (χ1n) is 6.12. The van der Waals surface area contributed by atoms with E-state index in [1.54, 1.807) is 38.5 Å². The summed E-state index contributed by atoms with van der Waals surface area (Å²) in [6, 6.07) is 6.82. The summed E-state index contributed by atoms with van der Waals surface area (Å²) in [7, 11) is 3.08. The van der Waals surface area contributed by atoms with Gasteiger partial charge in [0, 0.05) is 11.8 Å². The summed E-state index contributed by atoms with van der Waals surface area (Å²) in [5.74, 6) is 2.21. The molecular formula is C14H13N3O4. The zero-order valence-electron chi connectivity index (χ0n) is 11.5. The summed E-state index contributed by atoms with van der Waals surface area (Å²) >= 11 is 0. The van der Waals surface area contributed by atoms with Gasteiger partial charge in [0.2, 0.25) is 5.82 Å². The van der Waals surface area contributed by atoms with E-state index >= 15 is 0 Å². The minimum absolute atomic E-state index is 0.278. The Bertz CT molecular complexity index is 750. The molecule has 0 spiro atoms. The van der Waals surface area contributed by atoms with Crippen LogP contribution in [0.15, 0.2) is 39.5 Å². The molecule has 7 heteroatoms. The highest BCUT2D eigenvalue weighted by Crippen LogP contribution is 2.37. The van der Waals surface area contributed by atoms with Gasteiger partial charge in [-0.25, -0.2) is 0 Å². The molecule has 0 aliphatic heterocycles. The van der Waals surface area contributed by atoms with Gasteiger partial charge in [-0.2, -0.15) is 4.98 Å². The summed E-state index contributed by atoms with van der Waals surface area (Å²) in [4.78, 5) is 4.27. The second-order valence-corrected chi connectivity index (χ2v) is 4.19. The number of nitrogens with zero attached hydrogens (tertiary/aromatic N) is 2. The van der Waals surface area contributed by atoms with Gasteiger partial charge < -0.3 is 24.1 Å². The summed E-state index contributed by atoms with van der Waals surface area (Å²) in [5, 5.41) is 3.87. The van der Waals surface area contributed by atoms with Crippen LogP contribution in [0.5, 0.6) is 11.5 Å². The number of nitrogen functional groups attached to an aromatic ring is 1. The quantitative estimate of drug-likeness (QED) is 0.736. The molecule has 21 heavy (non-hydrogen) atoms. The largest absolute Gasteiger partial charge is 0.493 e. The van der Waals surface area contributed by atoms with Gasteiger partial charge in [-0.15, -0.1) is 0 Å². The number of hydrogen-bond donors (Lipinski definition) is 1. The second-order valence-electron chi connectivity index (χ2n) is 4.19. The third-order valence-electron chi connectivity index (χ3n) is 2.95. The molecule has 2 N–H and O–H groups in total. The fourth-order valence-corrected chi connectivity index (χ4v) is 1.92. The van der Waals surface area contributed by atoms with E-state index in [0.29, 0.717) is 34.3 Å². The SMILES string of the molecule is COc1cc(N)c(-c2nc(-c3ccco3)no2)cc1OC. The van der Waals surface area contributed by atoms with Crippen LogP contribution in [-0.4, -0.2) is 24.4 Å². The Morgan fingerprint density at radius 1 is 1.14 bits per heavy atom. The summed E-state index contributed by atoms with van der Waals surface area (Å²) in [6.07, 6.45) is 1.54. The lowest BCUT2D eigenvalue weighted by molar-refractivity contribution is 0.355. The van der Waals surface area contributed by atoms with Crippen LogP contribution in [0.2, 0.25) is 0 Å². The Labute approximate surface area is 120 Å². The van der Waals surface area contributed by atoms with Crippen LogP contribution < -0.4 is 15.2 Å². The molecule has 7 nitrogen and oxygen atoms in total. The molecule has 0 radical (unpaired) electrons. The molecule has 0 atom stereocenters. The fraction of sp³-hybridized carbons (Fsp3) is 0.143. The molecule has 0 aliphatic carbocycles. The average Bonchev–Trinajstić information content (AvgIpc) is 3.17. The minimum Gasteiger partial charge on any atom is -0.493 e. The van der Waals surface area contributed by atoms with Gasteiger partial charge in [0.25, 0.3) is 5.89 Å². The molecule has 0 fully saturated rings. The van der Waals surface area contributed by atoms with Crippen molar-refractivity contribution in [2.45, 2.75) is 0 Å². The monoisotopic (exact) mass is 287 g/mol. The Morgan fingerprint density at radius 3 is 2.57 bits per heavy atom. The lowest BCUT2D eigenvalue weighted by Crippen LogP contribution is -1.96. The standard InChI is InChI=1S/C14H13N3O4/c1-18-11-6-8(9(15)7-12(11)19-2)14-16-13(17-21-14)10-4-3-5-20-10/h3-7H,15H2,1-2H3. The van der Waals surface area contributed by atoms with Crippen LogP contribution in [0.25, 0.3) is 23.0 Å². The highest BCUT2D eigenvalue weighted by Gasteiger charge is 2.17. The van der Waals surface area contributed by atoms with Crippen molar-refractivity contribution in [1.82, 2.24) is 10.1 Å². The number of hydrogen-bond acceptors (Lipinski definition) is 7. The number of ether oxygens (including phenoxy) is 2. The van der Waals surface area contributed by atoms with Crippen molar-refractivity contribution in [3.05, 3.63) is 30.5 Å². The fourth-order valence-electron chi connectivity index (χ4n) is 1.92. The van der Waals surface area contributed by atoms with Crippen LogP contribution in [0.4, 0.5) is 5.69 Å². The number of aromatic nitrogens is 2. The lowest BCUT2D eigenvalue weighted by atomic mass is 10.1. The molecule has 1 aromatic carbocycles. The number of benzene rings is 1. The van der Waals surface area contributed by atoms with Gasteiger partial charge in [0.05, 0.1) is 26.0 Å². The first-order chi connectivity index (χ1) is 10.2. The van der Waals surface area contributed by atoms with Gasteiger partial charge in [0.1, 0.15) is 0 Å². The Balaban J connectivity index is 2.04. The Kier molecular flexibility index (Phi) is 3.23. The van der Waals surface area contributed by atoms with Gasteiger partial charge >= 0.3 is 0 Å². The van der Waals surface area contributed by atoms with Crippen molar-refractivity contribution in [2.24, 2.45) is 0 Å². The van der Waals surface area contributed by atoms with E-state index in [1.165, 1.54) is 6.26 Å².